The minimum atomic E-state index is -4.45. The molecule has 4 aromatic rings. The van der Waals surface area contributed by atoms with Gasteiger partial charge in [0.1, 0.15) is 5.65 Å². The van der Waals surface area contributed by atoms with Gasteiger partial charge in [-0.25, -0.2) is 4.98 Å². The number of hydrogen-bond donors (Lipinski definition) is 2. The highest BCUT2D eigenvalue weighted by Gasteiger charge is 2.30. The van der Waals surface area contributed by atoms with Crippen LogP contribution in [0.3, 0.4) is 0 Å². The summed E-state index contributed by atoms with van der Waals surface area (Å²) >= 11 is 1.62. The molecular formula is C25H21F3N4O2S. The van der Waals surface area contributed by atoms with E-state index in [0.717, 1.165) is 40.5 Å². The smallest absolute Gasteiger partial charge is 0.350 e. The number of alkyl halides is 3. The van der Waals surface area contributed by atoms with Gasteiger partial charge in [-0.05, 0) is 60.7 Å². The van der Waals surface area contributed by atoms with Crippen molar-refractivity contribution in [3.8, 4) is 0 Å². The van der Waals surface area contributed by atoms with Gasteiger partial charge < -0.3 is 15.0 Å². The Morgan fingerprint density at radius 1 is 0.857 bits per heavy atom. The zero-order valence-corrected chi connectivity index (χ0v) is 19.2. The van der Waals surface area contributed by atoms with Crippen molar-refractivity contribution in [2.45, 2.75) is 16.8 Å². The van der Waals surface area contributed by atoms with Crippen molar-refractivity contribution in [2.75, 3.05) is 13.1 Å². The van der Waals surface area contributed by atoms with Crippen LogP contribution in [0.4, 0.5) is 13.2 Å². The van der Waals surface area contributed by atoms with E-state index >= 15 is 0 Å². The predicted molar refractivity (Wildman–Crippen MR) is 127 cm³/mol. The summed E-state index contributed by atoms with van der Waals surface area (Å²) in [5.74, 6) is -0.100. The Kier molecular flexibility index (Phi) is 7.40. The van der Waals surface area contributed by atoms with Gasteiger partial charge in [0, 0.05) is 47.3 Å². The molecule has 2 aromatic carbocycles. The van der Waals surface area contributed by atoms with Gasteiger partial charge in [-0.2, -0.15) is 13.2 Å². The molecule has 0 saturated carbocycles. The number of aromatic nitrogens is 2. The molecule has 0 atom stereocenters. The van der Waals surface area contributed by atoms with E-state index in [9.17, 15) is 22.8 Å². The lowest BCUT2D eigenvalue weighted by Crippen LogP contribution is -2.34. The Balaban J connectivity index is 1.20. The van der Waals surface area contributed by atoms with Gasteiger partial charge >= 0.3 is 6.18 Å². The molecule has 10 heteroatoms. The van der Waals surface area contributed by atoms with Crippen molar-refractivity contribution in [3.05, 3.63) is 102 Å². The fraction of sp³-hybridized carbons (Fsp3) is 0.160. The van der Waals surface area contributed by atoms with Crippen molar-refractivity contribution < 1.29 is 22.8 Å². The van der Waals surface area contributed by atoms with Gasteiger partial charge in [0.25, 0.3) is 11.8 Å². The van der Waals surface area contributed by atoms with Gasteiger partial charge in [-0.15, -0.1) is 11.8 Å². The fourth-order valence-corrected chi connectivity index (χ4v) is 4.07. The molecule has 4 rings (SSSR count). The summed E-state index contributed by atoms with van der Waals surface area (Å²) in [5, 5.41) is 5.27. The summed E-state index contributed by atoms with van der Waals surface area (Å²) < 4.78 is 39.8. The number of pyridine rings is 1. The number of nitrogens with one attached hydrogen (secondary N) is 2. The van der Waals surface area contributed by atoms with Crippen LogP contribution in [0.25, 0.3) is 5.65 Å². The van der Waals surface area contributed by atoms with E-state index in [1.54, 1.807) is 23.9 Å². The first kappa shape index (κ1) is 24.3. The molecule has 0 bridgehead atoms. The summed E-state index contributed by atoms with van der Waals surface area (Å²) in [4.78, 5) is 30.0. The van der Waals surface area contributed by atoms with Crippen molar-refractivity contribution in [1.29, 1.82) is 0 Å². The molecule has 0 aliphatic carbocycles. The van der Waals surface area contributed by atoms with Crippen LogP contribution in [0.2, 0.25) is 0 Å². The molecule has 180 valence electrons. The minimum Gasteiger partial charge on any atom is -0.350 e. The van der Waals surface area contributed by atoms with E-state index in [0.29, 0.717) is 11.3 Å². The summed E-state index contributed by atoms with van der Waals surface area (Å²) in [5.41, 5.74) is 1.63. The highest BCUT2D eigenvalue weighted by atomic mass is 32.2. The molecule has 0 radical (unpaired) electrons. The van der Waals surface area contributed by atoms with E-state index in [1.165, 1.54) is 0 Å². The van der Waals surface area contributed by atoms with E-state index in [4.69, 9.17) is 0 Å². The van der Waals surface area contributed by atoms with Crippen LogP contribution in [-0.2, 0) is 11.9 Å². The third-order valence-electron chi connectivity index (χ3n) is 5.09. The number of benzene rings is 2. The van der Waals surface area contributed by atoms with Crippen LogP contribution in [0.5, 0.6) is 0 Å². The summed E-state index contributed by atoms with van der Waals surface area (Å²) in [6.07, 6.45) is -0.518. The quantitative estimate of drug-likeness (QED) is 0.270. The van der Waals surface area contributed by atoms with E-state index in [-0.39, 0.29) is 24.6 Å². The second kappa shape index (κ2) is 10.6. The molecule has 0 saturated heterocycles. The zero-order chi connectivity index (χ0) is 24.8. The molecule has 2 amide bonds. The molecule has 0 aliphatic rings. The molecule has 2 heterocycles. The number of rotatable bonds is 8. The van der Waals surface area contributed by atoms with Gasteiger partial charge in [-0.3, -0.25) is 9.59 Å². The Hall–Kier alpha value is -3.79. The van der Waals surface area contributed by atoms with Gasteiger partial charge in [0.15, 0.2) is 0 Å². The minimum absolute atomic E-state index is 0.112. The monoisotopic (exact) mass is 498 g/mol. The van der Waals surface area contributed by atoms with Gasteiger partial charge in [0.2, 0.25) is 0 Å². The normalized spacial score (nSPS) is 11.4. The van der Waals surface area contributed by atoms with Crippen LogP contribution in [0, 0.1) is 0 Å². The number of carbonyl (C=O) groups excluding carboxylic acids is 2. The second-order valence-electron chi connectivity index (χ2n) is 7.60. The molecule has 0 aliphatic heterocycles. The van der Waals surface area contributed by atoms with Crippen molar-refractivity contribution in [1.82, 2.24) is 20.0 Å². The number of halogens is 3. The molecule has 0 fully saturated rings. The number of imidazole rings is 1. The molecule has 2 aromatic heterocycles. The van der Waals surface area contributed by atoms with E-state index in [2.05, 4.69) is 15.6 Å². The first-order valence-corrected chi connectivity index (χ1v) is 11.7. The van der Waals surface area contributed by atoms with Crippen molar-refractivity contribution in [3.63, 3.8) is 0 Å². The number of carbonyl (C=O) groups is 2. The number of amides is 2. The molecule has 2 N–H and O–H groups in total. The largest absolute Gasteiger partial charge is 0.416 e. The molecule has 0 spiro atoms. The predicted octanol–water partition coefficient (Wildman–Crippen LogP) is 4.81. The van der Waals surface area contributed by atoms with Crippen LogP contribution < -0.4 is 10.6 Å². The second-order valence-corrected chi connectivity index (χ2v) is 8.65. The SMILES string of the molecule is O=C(NCCNC(=O)c1ccc(C(F)(F)F)cc1)c1ccc(SCc2cn3ccccc3n2)cc1. The van der Waals surface area contributed by atoms with Gasteiger partial charge in [0.05, 0.1) is 11.3 Å². The molecule has 6 nitrogen and oxygen atoms in total. The Morgan fingerprint density at radius 3 is 2.03 bits per heavy atom. The molecule has 0 unspecified atom stereocenters. The van der Waals surface area contributed by atoms with Crippen LogP contribution in [0.1, 0.15) is 32.0 Å². The third kappa shape index (κ3) is 6.42. The van der Waals surface area contributed by atoms with E-state index < -0.39 is 17.6 Å². The maximum absolute atomic E-state index is 12.6. The number of thioether (sulfide) groups is 1. The Bertz CT molecular complexity index is 1290. The van der Waals surface area contributed by atoms with Crippen LogP contribution in [0.15, 0.2) is 84.0 Å². The first-order chi connectivity index (χ1) is 16.8. The Morgan fingerprint density at radius 2 is 1.46 bits per heavy atom. The summed E-state index contributed by atoms with van der Waals surface area (Å²) in [7, 11) is 0. The third-order valence-corrected chi connectivity index (χ3v) is 6.13. The number of nitrogens with zero attached hydrogens (tertiary/aromatic N) is 2. The molecular weight excluding hydrogens is 477 g/mol. The van der Waals surface area contributed by atoms with Gasteiger partial charge in [-0.1, -0.05) is 6.07 Å². The van der Waals surface area contributed by atoms with Crippen molar-refractivity contribution >= 4 is 29.2 Å². The zero-order valence-electron chi connectivity index (χ0n) is 18.4. The standard InChI is InChI=1S/C25H21F3N4O2S/c26-25(27,28)19-8-4-17(5-9-19)23(33)29-12-13-30-24(34)18-6-10-21(11-7-18)35-16-20-15-32-14-2-1-3-22(32)31-20/h1-11,14-15H,12-13,16H2,(H,29,33)(H,30,34). The van der Waals surface area contributed by atoms with Crippen LogP contribution >= 0.6 is 11.8 Å². The fourth-order valence-electron chi connectivity index (χ4n) is 3.28. The average Bonchev–Trinajstić information content (AvgIpc) is 3.28. The summed E-state index contributed by atoms with van der Waals surface area (Å²) in [6, 6.07) is 17.0. The maximum atomic E-state index is 12.6. The van der Waals surface area contributed by atoms with E-state index in [1.807, 2.05) is 47.1 Å². The topological polar surface area (TPSA) is 75.5 Å². The lowest BCUT2D eigenvalue weighted by atomic mass is 10.1. The number of hydrogen-bond acceptors (Lipinski definition) is 4. The lowest BCUT2D eigenvalue weighted by molar-refractivity contribution is -0.137. The highest BCUT2D eigenvalue weighted by Crippen LogP contribution is 2.29. The Labute approximate surface area is 203 Å². The molecule has 35 heavy (non-hydrogen) atoms. The first-order valence-electron chi connectivity index (χ1n) is 10.7. The highest BCUT2D eigenvalue weighted by molar-refractivity contribution is 7.98. The van der Waals surface area contributed by atoms with Crippen LogP contribution in [-0.4, -0.2) is 34.3 Å². The average molecular weight is 499 g/mol. The maximum Gasteiger partial charge on any atom is 0.416 e. The summed E-state index contributed by atoms with van der Waals surface area (Å²) in [6.45, 7) is 0.314. The number of fused-ring (bicyclic) bond motifs is 1. The lowest BCUT2D eigenvalue weighted by Gasteiger charge is -2.09. The van der Waals surface area contributed by atoms with Crippen molar-refractivity contribution in [2.24, 2.45) is 0 Å².